The van der Waals surface area contributed by atoms with Gasteiger partial charge in [0.25, 0.3) is 0 Å². The van der Waals surface area contributed by atoms with E-state index in [1.807, 2.05) is 19.2 Å². The van der Waals surface area contributed by atoms with Gasteiger partial charge in [-0.1, -0.05) is 31.9 Å². The zero-order chi connectivity index (χ0) is 12.3. The summed E-state index contributed by atoms with van der Waals surface area (Å²) < 4.78 is 12.9. The maximum absolute atomic E-state index is 12.9. The van der Waals surface area contributed by atoms with Crippen LogP contribution in [0.1, 0.15) is 31.7 Å². The largest absolute Gasteiger partial charge is 0.316 e. The van der Waals surface area contributed by atoms with E-state index in [9.17, 15) is 4.39 Å². The molecule has 94 valence electrons. The van der Waals surface area contributed by atoms with E-state index in [1.165, 1.54) is 24.8 Å². The van der Waals surface area contributed by atoms with Crippen molar-refractivity contribution in [3.8, 4) is 0 Å². The molecule has 0 saturated heterocycles. The molecular formula is C15H22FN. The fourth-order valence-electron chi connectivity index (χ4n) is 3.11. The Bertz CT molecular complexity index is 346. The van der Waals surface area contributed by atoms with Crippen LogP contribution >= 0.6 is 0 Å². The molecule has 17 heavy (non-hydrogen) atoms. The molecule has 3 atom stereocenters. The summed E-state index contributed by atoms with van der Waals surface area (Å²) in [4.78, 5) is 0. The lowest BCUT2D eigenvalue weighted by Gasteiger charge is -2.26. The fraction of sp³-hybridized carbons (Fsp3) is 0.600. The van der Waals surface area contributed by atoms with Crippen molar-refractivity contribution < 1.29 is 4.39 Å². The van der Waals surface area contributed by atoms with Crippen molar-refractivity contribution in [2.45, 2.75) is 38.6 Å². The number of halogens is 1. The van der Waals surface area contributed by atoms with Crippen molar-refractivity contribution in [3.05, 3.63) is 35.6 Å². The Morgan fingerprint density at radius 1 is 1.29 bits per heavy atom. The number of hydrogen-bond acceptors (Lipinski definition) is 1. The van der Waals surface area contributed by atoms with E-state index < -0.39 is 0 Å². The van der Waals surface area contributed by atoms with Gasteiger partial charge < -0.3 is 5.32 Å². The van der Waals surface area contributed by atoms with Gasteiger partial charge in [0.2, 0.25) is 0 Å². The molecule has 1 aromatic rings. The first kappa shape index (κ1) is 12.6. The molecule has 0 amide bonds. The molecule has 0 aliphatic heterocycles. The highest BCUT2D eigenvalue weighted by atomic mass is 19.1. The minimum atomic E-state index is -0.149. The lowest BCUT2D eigenvalue weighted by molar-refractivity contribution is 0.308. The maximum atomic E-state index is 12.9. The summed E-state index contributed by atoms with van der Waals surface area (Å²) in [6.45, 7) is 2.35. The van der Waals surface area contributed by atoms with Crippen molar-refractivity contribution >= 4 is 0 Å². The average Bonchev–Trinajstić information content (AvgIpc) is 2.75. The van der Waals surface area contributed by atoms with Gasteiger partial charge >= 0.3 is 0 Å². The van der Waals surface area contributed by atoms with Gasteiger partial charge in [-0.05, 0) is 49.4 Å². The number of benzene rings is 1. The maximum Gasteiger partial charge on any atom is 0.123 e. The van der Waals surface area contributed by atoms with Gasteiger partial charge in [0.1, 0.15) is 5.82 Å². The zero-order valence-corrected chi connectivity index (χ0v) is 10.7. The summed E-state index contributed by atoms with van der Waals surface area (Å²) in [5, 5.41) is 3.44. The monoisotopic (exact) mass is 235 g/mol. The zero-order valence-electron chi connectivity index (χ0n) is 10.7. The van der Waals surface area contributed by atoms with Crippen LogP contribution < -0.4 is 5.32 Å². The Hall–Kier alpha value is -0.890. The number of likely N-dealkylation sites (N-methyl/N-ethyl adjacent to an activating group) is 1. The molecule has 3 unspecified atom stereocenters. The van der Waals surface area contributed by atoms with Crippen molar-refractivity contribution in [1.29, 1.82) is 0 Å². The van der Waals surface area contributed by atoms with Crippen LogP contribution in [0, 0.1) is 17.7 Å². The third kappa shape index (κ3) is 3.06. The molecular weight excluding hydrogens is 213 g/mol. The molecule has 0 radical (unpaired) electrons. The second-order valence-electron chi connectivity index (χ2n) is 5.30. The summed E-state index contributed by atoms with van der Waals surface area (Å²) in [6.07, 6.45) is 5.04. The Morgan fingerprint density at radius 2 is 2.00 bits per heavy atom. The molecule has 0 heterocycles. The van der Waals surface area contributed by atoms with E-state index in [0.717, 1.165) is 18.3 Å². The predicted molar refractivity (Wildman–Crippen MR) is 69.5 cm³/mol. The molecule has 2 heteroatoms. The summed E-state index contributed by atoms with van der Waals surface area (Å²) >= 11 is 0. The highest BCUT2D eigenvalue weighted by Crippen LogP contribution is 2.34. The quantitative estimate of drug-likeness (QED) is 0.843. The van der Waals surface area contributed by atoms with E-state index in [-0.39, 0.29) is 5.82 Å². The number of nitrogens with one attached hydrogen (secondary N) is 1. The standard InChI is InChI=1S/C15H22FN/c1-11-4-3-5-14(11)15(17-2)10-12-6-8-13(16)9-7-12/h6-9,11,14-15,17H,3-5,10H2,1-2H3. The smallest absolute Gasteiger partial charge is 0.123 e. The summed E-state index contributed by atoms with van der Waals surface area (Å²) in [7, 11) is 2.04. The molecule has 1 nitrogen and oxygen atoms in total. The molecule has 0 bridgehead atoms. The van der Waals surface area contributed by atoms with Gasteiger partial charge in [-0.15, -0.1) is 0 Å². The van der Waals surface area contributed by atoms with Crippen LogP contribution in [0.25, 0.3) is 0 Å². The van der Waals surface area contributed by atoms with E-state index in [1.54, 1.807) is 12.1 Å². The minimum Gasteiger partial charge on any atom is -0.316 e. The van der Waals surface area contributed by atoms with Gasteiger partial charge in [0.05, 0.1) is 0 Å². The molecule has 1 aliphatic carbocycles. The summed E-state index contributed by atoms with van der Waals surface area (Å²) in [5.74, 6) is 1.43. The fourth-order valence-corrected chi connectivity index (χ4v) is 3.11. The van der Waals surface area contributed by atoms with Gasteiger partial charge in [-0.25, -0.2) is 4.39 Å². The molecule has 0 aromatic heterocycles. The first-order valence-electron chi connectivity index (χ1n) is 6.62. The molecule has 1 saturated carbocycles. The summed E-state index contributed by atoms with van der Waals surface area (Å²) in [6, 6.07) is 7.44. The van der Waals surface area contributed by atoms with Crippen LogP contribution in [-0.4, -0.2) is 13.1 Å². The Kier molecular flexibility index (Phi) is 4.16. The lowest BCUT2D eigenvalue weighted by Crippen LogP contribution is -2.36. The van der Waals surface area contributed by atoms with Crippen LogP contribution in [0.15, 0.2) is 24.3 Å². The van der Waals surface area contributed by atoms with Crippen molar-refractivity contribution in [1.82, 2.24) is 5.32 Å². The van der Waals surface area contributed by atoms with Crippen LogP contribution in [0.3, 0.4) is 0 Å². The van der Waals surface area contributed by atoms with Crippen molar-refractivity contribution in [3.63, 3.8) is 0 Å². The lowest BCUT2D eigenvalue weighted by atomic mass is 9.86. The van der Waals surface area contributed by atoms with Gasteiger partial charge in [-0.2, -0.15) is 0 Å². The van der Waals surface area contributed by atoms with Gasteiger partial charge in [0, 0.05) is 6.04 Å². The van der Waals surface area contributed by atoms with Crippen LogP contribution in [0.4, 0.5) is 4.39 Å². The first-order valence-corrected chi connectivity index (χ1v) is 6.62. The number of hydrogen-bond donors (Lipinski definition) is 1. The highest BCUT2D eigenvalue weighted by Gasteiger charge is 2.29. The molecule has 0 spiro atoms. The second kappa shape index (κ2) is 5.63. The van der Waals surface area contributed by atoms with Crippen LogP contribution in [-0.2, 0) is 6.42 Å². The Labute approximate surface area is 103 Å². The third-order valence-corrected chi connectivity index (χ3v) is 4.18. The van der Waals surface area contributed by atoms with Crippen LogP contribution in [0.2, 0.25) is 0 Å². The normalized spacial score (nSPS) is 26.1. The molecule has 1 N–H and O–H groups in total. The molecule has 1 fully saturated rings. The van der Waals surface area contributed by atoms with E-state index in [0.29, 0.717) is 6.04 Å². The van der Waals surface area contributed by atoms with Crippen LogP contribution in [0.5, 0.6) is 0 Å². The Balaban J connectivity index is 2.01. The molecule has 1 aliphatic rings. The highest BCUT2D eigenvalue weighted by molar-refractivity contribution is 5.17. The molecule has 2 rings (SSSR count). The Morgan fingerprint density at radius 3 is 2.53 bits per heavy atom. The van der Waals surface area contributed by atoms with E-state index in [2.05, 4.69) is 12.2 Å². The first-order chi connectivity index (χ1) is 8.20. The van der Waals surface area contributed by atoms with E-state index in [4.69, 9.17) is 0 Å². The average molecular weight is 235 g/mol. The van der Waals surface area contributed by atoms with E-state index >= 15 is 0 Å². The SMILES string of the molecule is CNC(Cc1ccc(F)cc1)C1CCCC1C. The third-order valence-electron chi connectivity index (χ3n) is 4.18. The number of rotatable bonds is 4. The topological polar surface area (TPSA) is 12.0 Å². The predicted octanol–water partition coefficient (Wildman–Crippen LogP) is 3.39. The second-order valence-corrected chi connectivity index (χ2v) is 5.30. The minimum absolute atomic E-state index is 0.149. The molecule has 1 aromatic carbocycles. The summed E-state index contributed by atoms with van der Waals surface area (Å²) in [5.41, 5.74) is 1.23. The van der Waals surface area contributed by atoms with Gasteiger partial charge in [0.15, 0.2) is 0 Å². The van der Waals surface area contributed by atoms with Crippen molar-refractivity contribution in [2.75, 3.05) is 7.05 Å². The van der Waals surface area contributed by atoms with Crippen molar-refractivity contribution in [2.24, 2.45) is 11.8 Å². The van der Waals surface area contributed by atoms with Gasteiger partial charge in [-0.3, -0.25) is 0 Å².